The third-order valence-electron chi connectivity index (χ3n) is 6.11. The standard InChI is InChI=1S/C25H28Cl2N6O/c26-20-12-19(13-21(27)14-20)23-10-18(17-32-6-2-1-3-7-32)11-24(31-23)34-22-15-29-25(30-16-22)33-8-4-28-5-9-33/h10-16,28H,1-9,17H2. The molecular formula is C25H28Cl2N6O. The maximum Gasteiger partial charge on any atom is 0.225 e. The van der Waals surface area contributed by atoms with Gasteiger partial charge in [0.15, 0.2) is 5.75 Å². The van der Waals surface area contributed by atoms with Crippen molar-refractivity contribution in [3.63, 3.8) is 0 Å². The van der Waals surface area contributed by atoms with Crippen LogP contribution in [-0.4, -0.2) is 59.1 Å². The van der Waals surface area contributed by atoms with Gasteiger partial charge in [-0.05, 0) is 55.8 Å². The van der Waals surface area contributed by atoms with E-state index in [-0.39, 0.29) is 0 Å². The minimum absolute atomic E-state index is 0.499. The number of hydrogen-bond donors (Lipinski definition) is 1. The lowest BCUT2D eigenvalue weighted by atomic mass is 10.1. The van der Waals surface area contributed by atoms with Gasteiger partial charge in [0, 0.05) is 54.4 Å². The number of halogens is 2. The molecule has 9 heteroatoms. The van der Waals surface area contributed by atoms with Gasteiger partial charge in [-0.3, -0.25) is 4.90 Å². The van der Waals surface area contributed by atoms with Gasteiger partial charge in [0.1, 0.15) is 0 Å². The summed E-state index contributed by atoms with van der Waals surface area (Å²) in [5.74, 6) is 1.77. The van der Waals surface area contributed by atoms with E-state index in [4.69, 9.17) is 32.9 Å². The maximum absolute atomic E-state index is 6.27. The Hall–Kier alpha value is -2.45. The van der Waals surface area contributed by atoms with Crippen molar-refractivity contribution in [2.24, 2.45) is 0 Å². The van der Waals surface area contributed by atoms with Gasteiger partial charge in [0.25, 0.3) is 0 Å². The monoisotopic (exact) mass is 498 g/mol. The van der Waals surface area contributed by atoms with Gasteiger partial charge in [0.05, 0.1) is 18.1 Å². The van der Waals surface area contributed by atoms with Crippen molar-refractivity contribution >= 4 is 29.2 Å². The summed E-state index contributed by atoms with van der Waals surface area (Å²) in [7, 11) is 0. The first-order chi connectivity index (χ1) is 16.6. The molecule has 3 aromatic rings. The number of ether oxygens (including phenoxy) is 1. The van der Waals surface area contributed by atoms with E-state index in [0.717, 1.165) is 68.6 Å². The van der Waals surface area contributed by atoms with Gasteiger partial charge in [-0.1, -0.05) is 29.6 Å². The van der Waals surface area contributed by atoms with Crippen molar-refractivity contribution in [2.45, 2.75) is 25.8 Å². The van der Waals surface area contributed by atoms with Crippen LogP contribution < -0.4 is 15.0 Å². The van der Waals surface area contributed by atoms with Crippen LogP contribution in [0.3, 0.4) is 0 Å². The number of nitrogens with zero attached hydrogens (tertiary/aromatic N) is 5. The van der Waals surface area contributed by atoms with Crippen LogP contribution in [0.4, 0.5) is 5.95 Å². The molecular weight excluding hydrogens is 471 g/mol. The molecule has 0 bridgehead atoms. The highest BCUT2D eigenvalue weighted by molar-refractivity contribution is 6.35. The SMILES string of the molecule is Clc1cc(Cl)cc(-c2cc(CN3CCCCC3)cc(Oc3cnc(N4CCNCC4)nc3)n2)c1. The third-order valence-corrected chi connectivity index (χ3v) is 6.55. The van der Waals surface area contributed by atoms with Crippen LogP contribution in [-0.2, 0) is 6.54 Å². The Bertz CT molecular complexity index is 1090. The van der Waals surface area contributed by atoms with Crippen LogP contribution in [0, 0.1) is 0 Å². The second-order valence-electron chi connectivity index (χ2n) is 8.75. The number of rotatable bonds is 6. The topological polar surface area (TPSA) is 66.4 Å². The first-order valence-electron chi connectivity index (χ1n) is 11.8. The lowest BCUT2D eigenvalue weighted by Gasteiger charge is -2.27. The molecule has 0 radical (unpaired) electrons. The first kappa shape index (κ1) is 23.3. The molecule has 0 unspecified atom stereocenters. The molecule has 34 heavy (non-hydrogen) atoms. The van der Waals surface area contributed by atoms with Crippen LogP contribution in [0.5, 0.6) is 11.6 Å². The Labute approximate surface area is 210 Å². The summed E-state index contributed by atoms with van der Waals surface area (Å²) in [5, 5.41) is 4.49. The maximum atomic E-state index is 6.27. The first-order valence-corrected chi connectivity index (χ1v) is 12.5. The van der Waals surface area contributed by atoms with E-state index < -0.39 is 0 Å². The zero-order chi connectivity index (χ0) is 23.3. The summed E-state index contributed by atoms with van der Waals surface area (Å²) in [5.41, 5.74) is 2.76. The molecule has 0 atom stereocenters. The summed E-state index contributed by atoms with van der Waals surface area (Å²) in [6, 6.07) is 9.55. The number of likely N-dealkylation sites (tertiary alicyclic amines) is 1. The van der Waals surface area contributed by atoms with E-state index in [9.17, 15) is 0 Å². The Morgan fingerprint density at radius 1 is 0.853 bits per heavy atom. The largest absolute Gasteiger partial charge is 0.436 e. The van der Waals surface area contributed by atoms with E-state index in [0.29, 0.717) is 21.7 Å². The predicted octanol–water partition coefficient (Wildman–Crippen LogP) is 5.03. The molecule has 5 rings (SSSR count). The molecule has 4 heterocycles. The lowest BCUT2D eigenvalue weighted by molar-refractivity contribution is 0.220. The predicted molar refractivity (Wildman–Crippen MR) is 136 cm³/mol. The van der Waals surface area contributed by atoms with Gasteiger partial charge in [-0.15, -0.1) is 0 Å². The summed E-state index contributed by atoms with van der Waals surface area (Å²) in [6.07, 6.45) is 7.19. The number of nitrogens with one attached hydrogen (secondary N) is 1. The Morgan fingerprint density at radius 2 is 1.56 bits per heavy atom. The van der Waals surface area contributed by atoms with Crippen LogP contribution in [0.25, 0.3) is 11.3 Å². The smallest absolute Gasteiger partial charge is 0.225 e. The van der Waals surface area contributed by atoms with Crippen LogP contribution in [0.1, 0.15) is 24.8 Å². The summed E-state index contributed by atoms with van der Waals surface area (Å²) in [6.45, 7) is 6.73. The van der Waals surface area contributed by atoms with Gasteiger partial charge in [-0.25, -0.2) is 15.0 Å². The minimum atomic E-state index is 0.499. The summed E-state index contributed by atoms with van der Waals surface area (Å²) < 4.78 is 6.12. The van der Waals surface area contributed by atoms with Crippen molar-refractivity contribution in [3.8, 4) is 22.9 Å². The molecule has 2 fully saturated rings. The number of benzene rings is 1. The molecule has 0 amide bonds. The second-order valence-corrected chi connectivity index (χ2v) is 9.62. The fourth-order valence-electron chi connectivity index (χ4n) is 4.44. The van der Waals surface area contributed by atoms with Gasteiger partial charge in [-0.2, -0.15) is 0 Å². The number of anilines is 1. The van der Waals surface area contributed by atoms with Crippen molar-refractivity contribution in [2.75, 3.05) is 44.2 Å². The molecule has 0 aliphatic carbocycles. The van der Waals surface area contributed by atoms with Gasteiger partial charge in [0.2, 0.25) is 11.8 Å². The van der Waals surface area contributed by atoms with Crippen molar-refractivity contribution < 1.29 is 4.74 Å². The normalized spacial score (nSPS) is 17.1. The van der Waals surface area contributed by atoms with Crippen molar-refractivity contribution in [3.05, 3.63) is 58.3 Å². The molecule has 2 aromatic heterocycles. The minimum Gasteiger partial charge on any atom is -0.436 e. The quantitative estimate of drug-likeness (QED) is 0.510. The van der Waals surface area contributed by atoms with Gasteiger partial charge >= 0.3 is 0 Å². The number of piperazine rings is 1. The Morgan fingerprint density at radius 3 is 2.26 bits per heavy atom. The Balaban J connectivity index is 1.41. The average Bonchev–Trinajstić information content (AvgIpc) is 2.85. The van der Waals surface area contributed by atoms with Gasteiger partial charge < -0.3 is 15.0 Å². The van der Waals surface area contributed by atoms with E-state index in [1.54, 1.807) is 18.5 Å². The number of aromatic nitrogens is 3. The zero-order valence-corrected chi connectivity index (χ0v) is 20.5. The number of hydrogen-bond acceptors (Lipinski definition) is 7. The Kier molecular flexibility index (Phi) is 7.45. The fourth-order valence-corrected chi connectivity index (χ4v) is 4.97. The average molecular weight is 499 g/mol. The highest BCUT2D eigenvalue weighted by Gasteiger charge is 2.16. The van der Waals surface area contributed by atoms with Crippen LogP contribution in [0.2, 0.25) is 10.0 Å². The third kappa shape index (κ3) is 5.96. The molecule has 0 saturated carbocycles. The van der Waals surface area contributed by atoms with E-state index in [2.05, 4.69) is 31.2 Å². The van der Waals surface area contributed by atoms with E-state index in [1.807, 2.05) is 18.2 Å². The highest BCUT2D eigenvalue weighted by Crippen LogP contribution is 2.30. The molecule has 7 nitrogen and oxygen atoms in total. The van der Waals surface area contributed by atoms with E-state index in [1.165, 1.54) is 19.3 Å². The van der Waals surface area contributed by atoms with E-state index >= 15 is 0 Å². The second kappa shape index (κ2) is 10.9. The molecule has 1 aromatic carbocycles. The molecule has 1 N–H and O–H groups in total. The number of piperidine rings is 1. The van der Waals surface area contributed by atoms with Crippen molar-refractivity contribution in [1.82, 2.24) is 25.2 Å². The summed E-state index contributed by atoms with van der Waals surface area (Å²) in [4.78, 5) is 18.4. The molecule has 178 valence electrons. The molecule has 2 saturated heterocycles. The van der Waals surface area contributed by atoms with Crippen LogP contribution >= 0.6 is 23.2 Å². The zero-order valence-electron chi connectivity index (χ0n) is 19.0. The molecule has 2 aliphatic rings. The fraction of sp³-hybridized carbons (Fsp3) is 0.400. The van der Waals surface area contributed by atoms with Crippen molar-refractivity contribution in [1.29, 1.82) is 0 Å². The highest BCUT2D eigenvalue weighted by atomic mass is 35.5. The summed E-state index contributed by atoms with van der Waals surface area (Å²) >= 11 is 12.5. The molecule has 2 aliphatic heterocycles. The lowest BCUT2D eigenvalue weighted by Crippen LogP contribution is -2.44. The molecule has 0 spiro atoms. The van der Waals surface area contributed by atoms with Crippen LogP contribution in [0.15, 0.2) is 42.7 Å². The number of pyridine rings is 1.